The van der Waals surface area contributed by atoms with E-state index in [0.29, 0.717) is 0 Å². The first-order valence-corrected chi connectivity index (χ1v) is 6.30. The molecule has 0 aliphatic rings. The van der Waals surface area contributed by atoms with Gasteiger partial charge in [0.25, 0.3) is 0 Å². The van der Waals surface area contributed by atoms with Crippen LogP contribution < -0.4 is 10.5 Å². The summed E-state index contributed by atoms with van der Waals surface area (Å²) in [5.74, 6) is 0.924. The van der Waals surface area contributed by atoms with Crippen LogP contribution in [0.3, 0.4) is 0 Å². The first kappa shape index (κ1) is 12.5. The van der Waals surface area contributed by atoms with Crippen molar-refractivity contribution in [2.45, 2.75) is 20.3 Å². The van der Waals surface area contributed by atoms with Gasteiger partial charge >= 0.3 is 0 Å². The summed E-state index contributed by atoms with van der Waals surface area (Å²) in [5, 5.41) is 0. The smallest absolute Gasteiger partial charge is 0.119 e. The van der Waals surface area contributed by atoms with Gasteiger partial charge in [0.05, 0.1) is 6.61 Å². The van der Waals surface area contributed by atoms with Crippen molar-refractivity contribution in [1.29, 1.82) is 0 Å². The van der Waals surface area contributed by atoms with Crippen LogP contribution in [0, 0.1) is 6.92 Å². The highest BCUT2D eigenvalue weighted by atomic mass is 16.5. The summed E-state index contributed by atoms with van der Waals surface area (Å²) in [6, 6.07) is 14.3. The van der Waals surface area contributed by atoms with Gasteiger partial charge < -0.3 is 10.5 Å². The van der Waals surface area contributed by atoms with E-state index >= 15 is 0 Å². The van der Waals surface area contributed by atoms with E-state index in [1.807, 2.05) is 31.2 Å². The topological polar surface area (TPSA) is 35.2 Å². The molecule has 0 aliphatic heterocycles. The average molecular weight is 241 g/mol. The third-order valence-corrected chi connectivity index (χ3v) is 2.93. The largest absolute Gasteiger partial charge is 0.494 e. The molecule has 94 valence electrons. The van der Waals surface area contributed by atoms with Gasteiger partial charge in [-0.3, -0.25) is 0 Å². The van der Waals surface area contributed by atoms with E-state index in [-0.39, 0.29) is 0 Å². The Morgan fingerprint density at radius 3 is 2.28 bits per heavy atom. The number of rotatable bonds is 4. The maximum atomic E-state index is 5.83. The SMILES string of the molecule is CCCOc1ccc(-c2ccc(N)c(C)c2)cc1. The summed E-state index contributed by atoms with van der Waals surface area (Å²) < 4.78 is 5.57. The second-order valence-corrected chi connectivity index (χ2v) is 4.44. The van der Waals surface area contributed by atoms with E-state index in [2.05, 4.69) is 25.1 Å². The molecular weight excluding hydrogens is 222 g/mol. The third-order valence-electron chi connectivity index (χ3n) is 2.93. The van der Waals surface area contributed by atoms with Crippen molar-refractivity contribution >= 4 is 5.69 Å². The van der Waals surface area contributed by atoms with Crippen molar-refractivity contribution < 1.29 is 4.74 Å². The number of hydrogen-bond donors (Lipinski definition) is 1. The van der Waals surface area contributed by atoms with Gasteiger partial charge in [0, 0.05) is 5.69 Å². The average Bonchev–Trinajstić information content (AvgIpc) is 2.40. The first-order chi connectivity index (χ1) is 8.70. The highest BCUT2D eigenvalue weighted by Gasteiger charge is 2.01. The Morgan fingerprint density at radius 2 is 1.67 bits per heavy atom. The van der Waals surface area contributed by atoms with Crippen molar-refractivity contribution in [2.24, 2.45) is 0 Å². The molecule has 2 aromatic carbocycles. The molecule has 2 heteroatoms. The van der Waals surface area contributed by atoms with E-state index in [1.54, 1.807) is 0 Å². The lowest BCUT2D eigenvalue weighted by Crippen LogP contribution is -1.94. The van der Waals surface area contributed by atoms with Crippen molar-refractivity contribution in [3.63, 3.8) is 0 Å². The van der Waals surface area contributed by atoms with Gasteiger partial charge in [0.15, 0.2) is 0 Å². The molecule has 18 heavy (non-hydrogen) atoms. The number of nitrogen functional groups attached to an aromatic ring is 1. The van der Waals surface area contributed by atoms with Crippen LogP contribution in [-0.4, -0.2) is 6.61 Å². The minimum Gasteiger partial charge on any atom is -0.494 e. The van der Waals surface area contributed by atoms with Gasteiger partial charge in [-0.25, -0.2) is 0 Å². The van der Waals surface area contributed by atoms with Crippen LogP contribution in [-0.2, 0) is 0 Å². The molecule has 0 atom stereocenters. The predicted octanol–water partition coefficient (Wildman–Crippen LogP) is 4.03. The number of anilines is 1. The van der Waals surface area contributed by atoms with Gasteiger partial charge in [0.2, 0.25) is 0 Å². The molecule has 2 N–H and O–H groups in total. The molecule has 0 spiro atoms. The van der Waals surface area contributed by atoms with E-state index in [9.17, 15) is 0 Å². The van der Waals surface area contributed by atoms with Gasteiger partial charge in [-0.1, -0.05) is 25.1 Å². The highest BCUT2D eigenvalue weighted by Crippen LogP contribution is 2.25. The zero-order valence-corrected chi connectivity index (χ0v) is 10.9. The van der Waals surface area contributed by atoms with Gasteiger partial charge in [0.1, 0.15) is 5.75 Å². The summed E-state index contributed by atoms with van der Waals surface area (Å²) in [4.78, 5) is 0. The summed E-state index contributed by atoms with van der Waals surface area (Å²) in [5.41, 5.74) is 10.1. The van der Waals surface area contributed by atoms with Gasteiger partial charge in [-0.2, -0.15) is 0 Å². The lowest BCUT2D eigenvalue weighted by molar-refractivity contribution is 0.317. The molecular formula is C16H19NO. The van der Waals surface area contributed by atoms with Crippen LogP contribution in [0.5, 0.6) is 5.75 Å². The van der Waals surface area contributed by atoms with E-state index in [0.717, 1.165) is 30.0 Å². The normalized spacial score (nSPS) is 10.3. The Hall–Kier alpha value is -1.96. The minimum atomic E-state index is 0.764. The monoisotopic (exact) mass is 241 g/mol. The Kier molecular flexibility index (Phi) is 3.88. The van der Waals surface area contributed by atoms with Crippen LogP contribution in [0.25, 0.3) is 11.1 Å². The Balaban J connectivity index is 2.20. The zero-order chi connectivity index (χ0) is 13.0. The summed E-state index contributed by atoms with van der Waals surface area (Å²) in [6.07, 6.45) is 1.03. The van der Waals surface area contributed by atoms with Crippen molar-refractivity contribution in [3.8, 4) is 16.9 Å². The van der Waals surface area contributed by atoms with Crippen LogP contribution in [0.15, 0.2) is 42.5 Å². The molecule has 0 bridgehead atoms. The Labute approximate surface area is 108 Å². The molecule has 0 radical (unpaired) electrons. The maximum absolute atomic E-state index is 5.83. The third kappa shape index (κ3) is 2.83. The standard InChI is InChI=1S/C16H19NO/c1-3-10-18-15-7-4-13(5-8-15)14-6-9-16(17)12(2)11-14/h4-9,11H,3,10,17H2,1-2H3. The molecule has 0 amide bonds. The van der Waals surface area contributed by atoms with Gasteiger partial charge in [-0.05, 0) is 54.3 Å². The second-order valence-electron chi connectivity index (χ2n) is 4.44. The fourth-order valence-electron chi connectivity index (χ4n) is 1.82. The summed E-state index contributed by atoms with van der Waals surface area (Å²) in [7, 11) is 0. The van der Waals surface area contributed by atoms with Crippen molar-refractivity contribution in [2.75, 3.05) is 12.3 Å². The van der Waals surface area contributed by atoms with Crippen molar-refractivity contribution in [1.82, 2.24) is 0 Å². The first-order valence-electron chi connectivity index (χ1n) is 6.30. The fourth-order valence-corrected chi connectivity index (χ4v) is 1.82. The number of benzene rings is 2. The molecule has 0 unspecified atom stereocenters. The highest BCUT2D eigenvalue weighted by molar-refractivity contribution is 5.68. The maximum Gasteiger partial charge on any atom is 0.119 e. The quantitative estimate of drug-likeness (QED) is 0.820. The molecule has 0 saturated heterocycles. The minimum absolute atomic E-state index is 0.764. The Morgan fingerprint density at radius 1 is 1.00 bits per heavy atom. The predicted molar refractivity (Wildman–Crippen MR) is 76.8 cm³/mol. The van der Waals surface area contributed by atoms with Crippen molar-refractivity contribution in [3.05, 3.63) is 48.0 Å². The number of hydrogen-bond acceptors (Lipinski definition) is 2. The molecule has 0 aliphatic carbocycles. The fraction of sp³-hybridized carbons (Fsp3) is 0.250. The lowest BCUT2D eigenvalue weighted by atomic mass is 10.0. The lowest BCUT2D eigenvalue weighted by Gasteiger charge is -2.08. The van der Waals surface area contributed by atoms with E-state index in [1.165, 1.54) is 11.1 Å². The van der Waals surface area contributed by atoms with E-state index in [4.69, 9.17) is 10.5 Å². The molecule has 2 aromatic rings. The van der Waals surface area contributed by atoms with Crippen LogP contribution in [0.1, 0.15) is 18.9 Å². The van der Waals surface area contributed by atoms with Gasteiger partial charge in [-0.15, -0.1) is 0 Å². The molecule has 2 rings (SSSR count). The molecule has 2 nitrogen and oxygen atoms in total. The summed E-state index contributed by atoms with van der Waals surface area (Å²) >= 11 is 0. The molecule has 0 aromatic heterocycles. The number of aryl methyl sites for hydroxylation is 1. The number of ether oxygens (including phenoxy) is 1. The van der Waals surface area contributed by atoms with E-state index < -0.39 is 0 Å². The van der Waals surface area contributed by atoms with Crippen LogP contribution in [0.2, 0.25) is 0 Å². The summed E-state index contributed by atoms with van der Waals surface area (Å²) in [6.45, 7) is 4.89. The number of nitrogens with two attached hydrogens (primary N) is 1. The molecule has 0 saturated carbocycles. The van der Waals surface area contributed by atoms with Crippen LogP contribution in [0.4, 0.5) is 5.69 Å². The van der Waals surface area contributed by atoms with Crippen LogP contribution >= 0.6 is 0 Å². The molecule has 0 fully saturated rings. The molecule has 0 heterocycles. The second kappa shape index (κ2) is 5.58. The Bertz CT molecular complexity index is 517. The zero-order valence-electron chi connectivity index (χ0n) is 10.9.